The van der Waals surface area contributed by atoms with E-state index in [4.69, 9.17) is 9.47 Å². The van der Waals surface area contributed by atoms with Crippen LogP contribution in [0.4, 0.5) is 5.69 Å². The largest absolute Gasteiger partial charge is 0.508 e. The lowest BCUT2D eigenvalue weighted by Crippen LogP contribution is -2.29. The molecule has 5 rings (SSSR count). The number of likely N-dealkylation sites (N-methyl/N-ethyl adjacent to an activating group) is 1. The quantitative estimate of drug-likeness (QED) is 0.717. The summed E-state index contributed by atoms with van der Waals surface area (Å²) < 4.78 is 11.9. The van der Waals surface area contributed by atoms with Crippen molar-refractivity contribution in [3.63, 3.8) is 0 Å². The number of anilines is 1. The fourth-order valence-electron chi connectivity index (χ4n) is 4.36. The van der Waals surface area contributed by atoms with Gasteiger partial charge in [-0.2, -0.15) is 0 Å². The van der Waals surface area contributed by atoms with Gasteiger partial charge < -0.3 is 19.5 Å². The molecule has 0 spiro atoms. The van der Waals surface area contributed by atoms with E-state index in [1.807, 2.05) is 12.1 Å². The van der Waals surface area contributed by atoms with E-state index in [-0.39, 0.29) is 17.6 Å². The van der Waals surface area contributed by atoms with Gasteiger partial charge in [0.15, 0.2) is 0 Å². The van der Waals surface area contributed by atoms with Crippen molar-refractivity contribution in [2.75, 3.05) is 31.7 Å². The van der Waals surface area contributed by atoms with E-state index < -0.39 is 0 Å². The fourth-order valence-corrected chi connectivity index (χ4v) is 4.36. The Morgan fingerprint density at radius 3 is 2.61 bits per heavy atom. The topological polar surface area (TPSA) is 41.9 Å². The molecule has 4 heteroatoms. The SMILES string of the molecule is CN1CCOc2ccc([C@H]3c4ccc(O)cc4OC[C@H]3c3ccccc3)cc21. The van der Waals surface area contributed by atoms with Gasteiger partial charge >= 0.3 is 0 Å². The van der Waals surface area contributed by atoms with Crippen LogP contribution in [-0.4, -0.2) is 31.9 Å². The number of nitrogens with zero attached hydrogens (tertiary/aromatic N) is 1. The minimum absolute atomic E-state index is 0.146. The first kappa shape index (κ1) is 17.0. The van der Waals surface area contributed by atoms with Crippen LogP contribution in [0.1, 0.15) is 28.5 Å². The molecule has 3 aromatic rings. The highest BCUT2D eigenvalue weighted by Crippen LogP contribution is 2.48. The van der Waals surface area contributed by atoms with Gasteiger partial charge in [-0.15, -0.1) is 0 Å². The van der Waals surface area contributed by atoms with Crippen molar-refractivity contribution in [2.45, 2.75) is 11.8 Å². The molecule has 0 fully saturated rings. The van der Waals surface area contributed by atoms with Crippen LogP contribution in [0.3, 0.4) is 0 Å². The molecule has 2 aliphatic rings. The molecule has 0 aromatic heterocycles. The van der Waals surface area contributed by atoms with E-state index in [1.165, 1.54) is 11.1 Å². The lowest BCUT2D eigenvalue weighted by Gasteiger charge is -2.36. The Kier molecular flexibility index (Phi) is 4.12. The Bertz CT molecular complexity index is 1000. The zero-order valence-corrected chi connectivity index (χ0v) is 15.8. The molecule has 0 amide bonds. The summed E-state index contributed by atoms with van der Waals surface area (Å²) in [6.07, 6.45) is 0. The third kappa shape index (κ3) is 2.85. The molecule has 1 N–H and O–H groups in total. The van der Waals surface area contributed by atoms with Gasteiger partial charge in [-0.3, -0.25) is 0 Å². The highest BCUT2D eigenvalue weighted by molar-refractivity contribution is 5.63. The fraction of sp³-hybridized carbons (Fsp3) is 0.250. The van der Waals surface area contributed by atoms with Crippen molar-refractivity contribution in [3.8, 4) is 17.2 Å². The number of fused-ring (bicyclic) bond motifs is 2. The highest BCUT2D eigenvalue weighted by atomic mass is 16.5. The molecule has 28 heavy (non-hydrogen) atoms. The third-order valence-corrected chi connectivity index (χ3v) is 5.82. The number of phenolic OH excluding ortho intramolecular Hbond substituents is 1. The standard InChI is InChI=1S/C24H23NO3/c1-25-11-12-27-22-10-7-17(13-21(22)25)24-19-9-8-18(26)14-23(19)28-15-20(24)16-5-3-2-4-6-16/h2-10,13-14,20,24,26H,11-12,15H2,1H3/t20-,24-/m0/s1. The van der Waals surface area contributed by atoms with Crippen molar-refractivity contribution >= 4 is 5.69 Å². The zero-order valence-electron chi connectivity index (χ0n) is 15.8. The summed E-state index contributed by atoms with van der Waals surface area (Å²) in [6.45, 7) is 2.18. The number of rotatable bonds is 2. The molecule has 142 valence electrons. The molecular formula is C24H23NO3. The smallest absolute Gasteiger partial charge is 0.142 e. The van der Waals surface area contributed by atoms with E-state index in [1.54, 1.807) is 12.1 Å². The molecule has 2 atom stereocenters. The van der Waals surface area contributed by atoms with Gasteiger partial charge in [-0.25, -0.2) is 0 Å². The Balaban J connectivity index is 1.66. The van der Waals surface area contributed by atoms with Gasteiger partial charge in [0.2, 0.25) is 0 Å². The van der Waals surface area contributed by atoms with Crippen LogP contribution in [0, 0.1) is 0 Å². The first-order valence-corrected chi connectivity index (χ1v) is 9.69. The molecule has 3 aromatic carbocycles. The first-order valence-electron chi connectivity index (χ1n) is 9.69. The molecule has 0 radical (unpaired) electrons. The van der Waals surface area contributed by atoms with Crippen molar-refractivity contribution < 1.29 is 14.6 Å². The molecule has 4 nitrogen and oxygen atoms in total. The van der Waals surface area contributed by atoms with E-state index in [2.05, 4.69) is 54.4 Å². The Morgan fingerprint density at radius 2 is 1.75 bits per heavy atom. The minimum atomic E-state index is 0.146. The van der Waals surface area contributed by atoms with Crippen molar-refractivity contribution in [2.24, 2.45) is 0 Å². The van der Waals surface area contributed by atoms with Crippen LogP contribution in [0.5, 0.6) is 17.2 Å². The Hall–Kier alpha value is -3.14. The summed E-state index contributed by atoms with van der Waals surface area (Å²) in [4.78, 5) is 2.25. The van der Waals surface area contributed by atoms with E-state index in [0.717, 1.165) is 35.9 Å². The summed E-state index contributed by atoms with van der Waals surface area (Å²) in [5.41, 5.74) is 4.73. The number of ether oxygens (including phenoxy) is 2. The normalized spacial score (nSPS) is 20.5. The molecule has 0 saturated heterocycles. The monoisotopic (exact) mass is 373 g/mol. The molecule has 0 bridgehead atoms. The zero-order chi connectivity index (χ0) is 19.1. The number of benzene rings is 3. The lowest BCUT2D eigenvalue weighted by molar-refractivity contribution is 0.247. The highest BCUT2D eigenvalue weighted by Gasteiger charge is 2.34. The van der Waals surface area contributed by atoms with Gasteiger partial charge in [0.1, 0.15) is 23.9 Å². The molecule has 0 unspecified atom stereocenters. The van der Waals surface area contributed by atoms with Crippen LogP contribution in [0.15, 0.2) is 66.7 Å². The van der Waals surface area contributed by atoms with E-state index in [0.29, 0.717) is 6.61 Å². The Labute approximate surface area is 165 Å². The number of phenols is 1. The molecule has 2 aliphatic heterocycles. The predicted molar refractivity (Wildman–Crippen MR) is 110 cm³/mol. The van der Waals surface area contributed by atoms with E-state index >= 15 is 0 Å². The molecular weight excluding hydrogens is 350 g/mol. The van der Waals surface area contributed by atoms with Crippen LogP contribution < -0.4 is 14.4 Å². The Morgan fingerprint density at radius 1 is 0.893 bits per heavy atom. The summed E-state index contributed by atoms with van der Waals surface area (Å²) >= 11 is 0. The number of hydrogen-bond acceptors (Lipinski definition) is 4. The average Bonchev–Trinajstić information content (AvgIpc) is 2.73. The van der Waals surface area contributed by atoms with Crippen LogP contribution >= 0.6 is 0 Å². The van der Waals surface area contributed by atoms with Crippen molar-refractivity contribution in [1.29, 1.82) is 0 Å². The maximum atomic E-state index is 9.92. The number of hydrogen-bond donors (Lipinski definition) is 1. The predicted octanol–water partition coefficient (Wildman–Crippen LogP) is 4.53. The molecule has 0 saturated carbocycles. The second kappa shape index (κ2) is 6.79. The van der Waals surface area contributed by atoms with Crippen LogP contribution in [0.25, 0.3) is 0 Å². The average molecular weight is 373 g/mol. The summed E-state index contributed by atoms with van der Waals surface area (Å²) in [5.74, 6) is 2.28. The second-order valence-corrected chi connectivity index (χ2v) is 7.53. The van der Waals surface area contributed by atoms with Crippen molar-refractivity contribution in [1.82, 2.24) is 0 Å². The van der Waals surface area contributed by atoms with Crippen LogP contribution in [-0.2, 0) is 0 Å². The van der Waals surface area contributed by atoms with Gasteiger partial charge in [0.25, 0.3) is 0 Å². The van der Waals surface area contributed by atoms with E-state index in [9.17, 15) is 5.11 Å². The summed E-state index contributed by atoms with van der Waals surface area (Å²) in [6, 6.07) is 22.5. The first-order chi connectivity index (χ1) is 13.7. The maximum absolute atomic E-state index is 9.92. The maximum Gasteiger partial charge on any atom is 0.142 e. The van der Waals surface area contributed by atoms with Gasteiger partial charge in [-0.05, 0) is 29.3 Å². The minimum Gasteiger partial charge on any atom is -0.508 e. The molecule has 2 heterocycles. The lowest BCUT2D eigenvalue weighted by atomic mass is 9.75. The molecule has 0 aliphatic carbocycles. The summed E-state index contributed by atoms with van der Waals surface area (Å²) in [5, 5.41) is 9.92. The van der Waals surface area contributed by atoms with Gasteiger partial charge in [0, 0.05) is 30.5 Å². The van der Waals surface area contributed by atoms with Gasteiger partial charge in [0.05, 0.1) is 18.8 Å². The van der Waals surface area contributed by atoms with Gasteiger partial charge in [-0.1, -0.05) is 42.5 Å². The van der Waals surface area contributed by atoms with Crippen LogP contribution in [0.2, 0.25) is 0 Å². The third-order valence-electron chi connectivity index (χ3n) is 5.82. The summed E-state index contributed by atoms with van der Waals surface area (Å²) in [7, 11) is 2.11. The second-order valence-electron chi connectivity index (χ2n) is 7.53. The number of aromatic hydroxyl groups is 1. The van der Waals surface area contributed by atoms with Crippen molar-refractivity contribution in [3.05, 3.63) is 83.4 Å².